The standard InChI is InChI=1S/C24H23N7OS2/c1-30-12-14-9-13(11-26-22(14)29-30)18-10-17(19-7-8-27-31(19)15-5-6-15)20-21(25)24(33-23(20)28-18)34(32)16-3-2-4-16/h7-12,15-16H,2-6,25H2,1H3. The molecule has 0 aliphatic heterocycles. The number of rotatable bonds is 5. The summed E-state index contributed by atoms with van der Waals surface area (Å²) in [4.78, 5) is 10.3. The van der Waals surface area contributed by atoms with Gasteiger partial charge in [0.15, 0.2) is 5.65 Å². The molecule has 7 rings (SSSR count). The fourth-order valence-electron chi connectivity index (χ4n) is 4.65. The van der Waals surface area contributed by atoms with Gasteiger partial charge in [-0.25, -0.2) is 9.97 Å². The van der Waals surface area contributed by atoms with Gasteiger partial charge in [0, 0.05) is 58.7 Å². The van der Waals surface area contributed by atoms with Gasteiger partial charge in [-0.15, -0.1) is 0 Å². The Morgan fingerprint density at radius 1 is 1.21 bits per heavy atom. The van der Waals surface area contributed by atoms with Gasteiger partial charge in [-0.1, -0.05) is 11.3 Å². The second kappa shape index (κ2) is 7.53. The fourth-order valence-corrected chi connectivity index (χ4v) is 7.86. The van der Waals surface area contributed by atoms with Gasteiger partial charge >= 0.3 is 0 Å². The van der Waals surface area contributed by atoms with E-state index >= 15 is 0 Å². The third-order valence-electron chi connectivity index (χ3n) is 6.81. The van der Waals surface area contributed by atoms with Crippen LogP contribution >= 0.6 is 11.3 Å². The minimum atomic E-state index is -1.10. The number of aryl methyl sites for hydroxylation is 1. The largest absolute Gasteiger partial charge is 0.611 e. The number of hydrogen-bond acceptors (Lipinski definition) is 7. The molecule has 2 aliphatic rings. The summed E-state index contributed by atoms with van der Waals surface area (Å²) in [6.07, 6.45) is 11.0. The number of pyridine rings is 2. The van der Waals surface area contributed by atoms with E-state index in [2.05, 4.69) is 32.0 Å². The topological polar surface area (TPSA) is 110 Å². The molecular formula is C24H23N7OS2. The summed E-state index contributed by atoms with van der Waals surface area (Å²) < 4.78 is 17.9. The maximum atomic E-state index is 13.3. The van der Waals surface area contributed by atoms with E-state index in [0.717, 1.165) is 74.4 Å². The predicted molar refractivity (Wildman–Crippen MR) is 135 cm³/mol. The highest BCUT2D eigenvalue weighted by Gasteiger charge is 2.36. The molecule has 0 radical (unpaired) electrons. The van der Waals surface area contributed by atoms with Gasteiger partial charge in [0.1, 0.15) is 15.8 Å². The van der Waals surface area contributed by atoms with Gasteiger partial charge in [-0.2, -0.15) is 10.2 Å². The number of anilines is 1. The summed E-state index contributed by atoms with van der Waals surface area (Å²) >= 11 is 0.363. The minimum Gasteiger partial charge on any atom is -0.611 e. The molecule has 10 heteroatoms. The first kappa shape index (κ1) is 20.4. The molecule has 172 valence electrons. The molecule has 2 N–H and O–H groups in total. The van der Waals surface area contributed by atoms with Crippen molar-refractivity contribution in [3.05, 3.63) is 36.8 Å². The molecule has 8 nitrogen and oxygen atoms in total. The molecule has 0 spiro atoms. The first-order valence-electron chi connectivity index (χ1n) is 11.5. The summed E-state index contributed by atoms with van der Waals surface area (Å²) in [6.45, 7) is 0. The number of nitrogen functional groups attached to an aromatic ring is 1. The SMILES string of the molecule is Cn1cc2cc(-c3cc(-c4ccnn4C4CC4)c4c(N)c([S+]([O-])C5CCC5)sc4n3)cnc2n1. The first-order chi connectivity index (χ1) is 16.6. The number of hydrogen-bond donors (Lipinski definition) is 1. The maximum absolute atomic E-state index is 13.3. The normalized spacial score (nSPS) is 17.5. The van der Waals surface area contributed by atoms with E-state index in [9.17, 15) is 4.55 Å². The third-order valence-corrected chi connectivity index (χ3v) is 10.1. The highest BCUT2D eigenvalue weighted by atomic mass is 32.2. The average molecular weight is 490 g/mol. The van der Waals surface area contributed by atoms with Crippen LogP contribution < -0.4 is 5.73 Å². The van der Waals surface area contributed by atoms with Crippen LogP contribution in [-0.4, -0.2) is 39.3 Å². The second-order valence-corrected chi connectivity index (χ2v) is 12.1. The molecule has 0 aromatic carbocycles. The molecule has 5 aromatic rings. The summed E-state index contributed by atoms with van der Waals surface area (Å²) in [5.74, 6) is 0. The Kier molecular flexibility index (Phi) is 4.52. The van der Waals surface area contributed by atoms with Crippen molar-refractivity contribution in [2.75, 3.05) is 5.73 Å². The van der Waals surface area contributed by atoms with Crippen LogP contribution in [0.4, 0.5) is 5.69 Å². The molecule has 2 aliphatic carbocycles. The number of aromatic nitrogens is 6. The van der Waals surface area contributed by atoms with Crippen LogP contribution in [0.15, 0.2) is 41.0 Å². The van der Waals surface area contributed by atoms with Crippen molar-refractivity contribution in [2.24, 2.45) is 7.05 Å². The summed E-state index contributed by atoms with van der Waals surface area (Å²) in [5.41, 5.74) is 11.7. The van der Waals surface area contributed by atoms with Gasteiger partial charge in [0.05, 0.1) is 17.4 Å². The van der Waals surface area contributed by atoms with Crippen molar-refractivity contribution < 1.29 is 4.55 Å². The van der Waals surface area contributed by atoms with E-state index in [-0.39, 0.29) is 5.25 Å². The van der Waals surface area contributed by atoms with Gasteiger partial charge in [0.25, 0.3) is 0 Å². The van der Waals surface area contributed by atoms with Crippen molar-refractivity contribution in [1.29, 1.82) is 0 Å². The lowest BCUT2D eigenvalue weighted by Crippen LogP contribution is -2.28. The number of nitrogens with two attached hydrogens (primary N) is 1. The quantitative estimate of drug-likeness (QED) is 0.359. The van der Waals surface area contributed by atoms with Crippen LogP contribution in [0.3, 0.4) is 0 Å². The molecule has 2 saturated carbocycles. The Labute approximate surface area is 203 Å². The fraction of sp³-hybridized carbons (Fsp3) is 0.333. The molecule has 0 bridgehead atoms. The summed E-state index contributed by atoms with van der Waals surface area (Å²) in [6, 6.07) is 6.61. The number of nitrogens with zero attached hydrogens (tertiary/aromatic N) is 6. The highest BCUT2D eigenvalue weighted by molar-refractivity contribution is 7.94. The van der Waals surface area contributed by atoms with E-state index in [0.29, 0.717) is 17.4 Å². The van der Waals surface area contributed by atoms with Crippen LogP contribution in [0.25, 0.3) is 43.8 Å². The Balaban J connectivity index is 1.46. The van der Waals surface area contributed by atoms with Crippen molar-refractivity contribution in [1.82, 2.24) is 29.5 Å². The molecule has 5 heterocycles. The maximum Gasteiger partial charge on any atom is 0.232 e. The van der Waals surface area contributed by atoms with Crippen LogP contribution in [0.1, 0.15) is 38.1 Å². The molecule has 5 aromatic heterocycles. The molecule has 0 amide bonds. The monoisotopic (exact) mass is 489 g/mol. The predicted octanol–water partition coefficient (Wildman–Crippen LogP) is 4.69. The summed E-state index contributed by atoms with van der Waals surface area (Å²) in [5, 5.41) is 11.0. The van der Waals surface area contributed by atoms with Gasteiger partial charge < -0.3 is 10.3 Å². The van der Waals surface area contributed by atoms with E-state index in [1.165, 1.54) is 11.3 Å². The van der Waals surface area contributed by atoms with Crippen LogP contribution in [0, 0.1) is 0 Å². The Morgan fingerprint density at radius 3 is 2.82 bits per heavy atom. The lowest BCUT2D eigenvalue weighted by atomic mass is 10.00. The Morgan fingerprint density at radius 2 is 2.06 bits per heavy atom. The minimum absolute atomic E-state index is 0.201. The van der Waals surface area contributed by atoms with E-state index in [4.69, 9.17) is 10.7 Å². The molecule has 0 saturated heterocycles. The molecule has 1 atom stereocenters. The zero-order valence-electron chi connectivity index (χ0n) is 18.6. The Bertz CT molecular complexity index is 1560. The van der Waals surface area contributed by atoms with E-state index in [1.54, 1.807) is 4.68 Å². The first-order valence-corrected chi connectivity index (χ1v) is 13.6. The molecule has 2 fully saturated rings. The van der Waals surface area contributed by atoms with Crippen molar-refractivity contribution >= 4 is 49.5 Å². The lowest BCUT2D eigenvalue weighted by Gasteiger charge is -2.27. The van der Waals surface area contributed by atoms with Gasteiger partial charge in [-0.05, 0) is 50.3 Å². The third kappa shape index (κ3) is 3.16. The van der Waals surface area contributed by atoms with Gasteiger partial charge in [0.2, 0.25) is 4.21 Å². The van der Waals surface area contributed by atoms with Crippen LogP contribution in [0.2, 0.25) is 0 Å². The smallest absolute Gasteiger partial charge is 0.232 e. The molecular weight excluding hydrogens is 466 g/mol. The number of fused-ring (bicyclic) bond motifs is 2. The van der Waals surface area contributed by atoms with Gasteiger partial charge in [-0.3, -0.25) is 9.36 Å². The van der Waals surface area contributed by atoms with Crippen LogP contribution in [-0.2, 0) is 18.2 Å². The number of thiophene rings is 1. The van der Waals surface area contributed by atoms with Crippen LogP contribution in [0.5, 0.6) is 0 Å². The lowest BCUT2D eigenvalue weighted by molar-refractivity contribution is 0.478. The average Bonchev–Trinajstić information content (AvgIpc) is 3.23. The van der Waals surface area contributed by atoms with E-state index in [1.807, 2.05) is 31.7 Å². The second-order valence-electron chi connectivity index (χ2n) is 9.22. The molecule has 1 unspecified atom stereocenters. The zero-order chi connectivity index (χ0) is 23.0. The Hall–Kier alpha value is -2.95. The van der Waals surface area contributed by atoms with Crippen molar-refractivity contribution in [2.45, 2.75) is 47.6 Å². The zero-order valence-corrected chi connectivity index (χ0v) is 20.3. The van der Waals surface area contributed by atoms with E-state index < -0.39 is 11.2 Å². The summed E-state index contributed by atoms with van der Waals surface area (Å²) in [7, 11) is 1.89. The highest BCUT2D eigenvalue weighted by Crippen LogP contribution is 2.47. The van der Waals surface area contributed by atoms with Crippen molar-refractivity contribution in [3.63, 3.8) is 0 Å². The van der Waals surface area contributed by atoms with Crippen molar-refractivity contribution in [3.8, 4) is 22.5 Å². The molecule has 34 heavy (non-hydrogen) atoms.